The number of aromatic hydroxyl groups is 2. The van der Waals surface area contributed by atoms with Crippen molar-refractivity contribution in [1.29, 1.82) is 0 Å². The van der Waals surface area contributed by atoms with Crippen molar-refractivity contribution in [2.24, 2.45) is 0 Å². The maximum atomic E-state index is 11.9. The Bertz CT molecular complexity index is 931. The Labute approximate surface area is 151 Å². The Morgan fingerprint density at radius 3 is 2.23 bits per heavy atom. The first-order valence-electron chi connectivity index (χ1n) is 8.53. The molecule has 1 aliphatic heterocycles. The summed E-state index contributed by atoms with van der Waals surface area (Å²) in [4.78, 5) is 0. The van der Waals surface area contributed by atoms with Crippen LogP contribution in [0.5, 0.6) is 17.2 Å². The van der Waals surface area contributed by atoms with Gasteiger partial charge >= 0.3 is 0 Å². The molecule has 0 aromatic heterocycles. The van der Waals surface area contributed by atoms with Gasteiger partial charge in [0.15, 0.2) is 0 Å². The van der Waals surface area contributed by atoms with Crippen molar-refractivity contribution >= 4 is 0 Å². The molecule has 26 heavy (non-hydrogen) atoms. The quantitative estimate of drug-likeness (QED) is 0.658. The summed E-state index contributed by atoms with van der Waals surface area (Å²) < 4.78 is 5.86. The molecule has 0 aliphatic carbocycles. The largest absolute Gasteiger partial charge is 0.508 e. The first-order valence-corrected chi connectivity index (χ1v) is 8.53. The standard InChI is InChI=1S/C22H20O4/c1-14-2-6-16(7-3-14)22(25)19-11-10-18(24)12-21(19)26-13-20(22)15-4-8-17(23)9-5-15/h2-12,20,23-25H,13H2,1H3. The molecule has 0 amide bonds. The van der Waals surface area contributed by atoms with E-state index >= 15 is 0 Å². The highest BCUT2D eigenvalue weighted by molar-refractivity contribution is 5.53. The maximum absolute atomic E-state index is 11.9. The van der Waals surface area contributed by atoms with Crippen LogP contribution in [-0.4, -0.2) is 21.9 Å². The predicted octanol–water partition coefficient (Wildman–Crippen LogP) is 3.82. The van der Waals surface area contributed by atoms with Gasteiger partial charge in [-0.3, -0.25) is 0 Å². The Kier molecular flexibility index (Phi) is 3.85. The van der Waals surface area contributed by atoms with Crippen molar-refractivity contribution < 1.29 is 20.1 Å². The molecule has 0 saturated carbocycles. The van der Waals surface area contributed by atoms with Gasteiger partial charge in [-0.2, -0.15) is 0 Å². The van der Waals surface area contributed by atoms with Gasteiger partial charge < -0.3 is 20.1 Å². The lowest BCUT2D eigenvalue weighted by atomic mass is 9.71. The van der Waals surface area contributed by atoms with Crippen molar-refractivity contribution in [1.82, 2.24) is 0 Å². The van der Waals surface area contributed by atoms with Gasteiger partial charge in [0.25, 0.3) is 0 Å². The van der Waals surface area contributed by atoms with E-state index in [1.165, 1.54) is 6.07 Å². The van der Waals surface area contributed by atoms with E-state index in [-0.39, 0.29) is 24.0 Å². The van der Waals surface area contributed by atoms with Crippen LogP contribution < -0.4 is 4.74 Å². The molecule has 3 aromatic carbocycles. The lowest BCUT2D eigenvalue weighted by Crippen LogP contribution is -2.41. The van der Waals surface area contributed by atoms with Crippen molar-refractivity contribution in [2.75, 3.05) is 6.61 Å². The average Bonchev–Trinajstić information content (AvgIpc) is 2.63. The number of phenolic OH excluding ortho intramolecular Hbond substituents is 2. The lowest BCUT2D eigenvalue weighted by Gasteiger charge is -2.42. The van der Waals surface area contributed by atoms with Crippen LogP contribution in [0.2, 0.25) is 0 Å². The Hall–Kier alpha value is -2.98. The Morgan fingerprint density at radius 1 is 0.885 bits per heavy atom. The van der Waals surface area contributed by atoms with Gasteiger partial charge in [0.05, 0.1) is 12.5 Å². The van der Waals surface area contributed by atoms with Crippen molar-refractivity contribution in [3.63, 3.8) is 0 Å². The molecular formula is C22H20O4. The molecule has 0 fully saturated rings. The SMILES string of the molecule is Cc1ccc(C2(O)c3ccc(O)cc3OCC2c2ccc(O)cc2)cc1. The van der Waals surface area contributed by atoms with Gasteiger partial charge in [-0.1, -0.05) is 42.0 Å². The summed E-state index contributed by atoms with van der Waals surface area (Å²) in [6.45, 7) is 2.26. The topological polar surface area (TPSA) is 69.9 Å². The normalized spacial score (nSPS) is 21.7. The van der Waals surface area contributed by atoms with Crippen LogP contribution in [0.1, 0.15) is 28.2 Å². The summed E-state index contributed by atoms with van der Waals surface area (Å²) in [6.07, 6.45) is 0. The second-order valence-electron chi connectivity index (χ2n) is 6.77. The van der Waals surface area contributed by atoms with E-state index in [4.69, 9.17) is 4.74 Å². The summed E-state index contributed by atoms with van der Waals surface area (Å²) in [5, 5.41) is 31.3. The lowest BCUT2D eigenvalue weighted by molar-refractivity contribution is 0.0105. The summed E-state index contributed by atoms with van der Waals surface area (Å²) in [5.41, 5.74) is 2.03. The summed E-state index contributed by atoms with van der Waals surface area (Å²) >= 11 is 0. The molecule has 0 saturated heterocycles. The number of benzene rings is 3. The number of fused-ring (bicyclic) bond motifs is 1. The van der Waals surface area contributed by atoms with E-state index in [0.717, 1.165) is 16.7 Å². The van der Waals surface area contributed by atoms with Gasteiger partial charge in [-0.05, 0) is 42.3 Å². The Balaban J connectivity index is 1.92. The molecule has 2 atom stereocenters. The summed E-state index contributed by atoms with van der Waals surface area (Å²) in [7, 11) is 0. The number of rotatable bonds is 2. The highest BCUT2D eigenvalue weighted by atomic mass is 16.5. The van der Waals surface area contributed by atoms with E-state index in [0.29, 0.717) is 11.3 Å². The fraction of sp³-hybridized carbons (Fsp3) is 0.182. The van der Waals surface area contributed by atoms with Crippen LogP contribution in [0.15, 0.2) is 66.7 Å². The number of hydrogen-bond acceptors (Lipinski definition) is 4. The minimum absolute atomic E-state index is 0.0955. The average molecular weight is 348 g/mol. The molecule has 4 rings (SSSR count). The molecule has 2 unspecified atom stereocenters. The third-order valence-electron chi connectivity index (χ3n) is 5.07. The molecule has 3 aromatic rings. The molecule has 0 spiro atoms. The van der Waals surface area contributed by atoms with Gasteiger partial charge in [0, 0.05) is 11.6 Å². The minimum Gasteiger partial charge on any atom is -0.508 e. The molecule has 4 nitrogen and oxygen atoms in total. The number of phenols is 2. The number of hydrogen-bond donors (Lipinski definition) is 3. The fourth-order valence-electron chi connectivity index (χ4n) is 3.64. The number of ether oxygens (including phenoxy) is 1. The minimum atomic E-state index is -1.31. The van der Waals surface area contributed by atoms with Crippen LogP contribution in [0.3, 0.4) is 0 Å². The third-order valence-corrected chi connectivity index (χ3v) is 5.07. The molecule has 4 heteroatoms. The first-order chi connectivity index (χ1) is 12.5. The third kappa shape index (κ3) is 2.59. The van der Waals surface area contributed by atoms with Gasteiger partial charge in [-0.25, -0.2) is 0 Å². The monoisotopic (exact) mass is 348 g/mol. The highest BCUT2D eigenvalue weighted by Crippen LogP contribution is 2.50. The zero-order valence-electron chi connectivity index (χ0n) is 14.4. The zero-order valence-corrected chi connectivity index (χ0v) is 14.4. The zero-order chi connectivity index (χ0) is 18.3. The summed E-state index contributed by atoms with van der Waals surface area (Å²) in [5.74, 6) is 0.388. The second-order valence-corrected chi connectivity index (χ2v) is 6.77. The van der Waals surface area contributed by atoms with E-state index in [1.807, 2.05) is 31.2 Å². The Morgan fingerprint density at radius 2 is 1.54 bits per heavy atom. The molecule has 1 heterocycles. The van der Waals surface area contributed by atoms with Crippen molar-refractivity contribution in [3.05, 3.63) is 89.0 Å². The second kappa shape index (κ2) is 6.07. The van der Waals surface area contributed by atoms with E-state index in [2.05, 4.69) is 0 Å². The molecule has 1 aliphatic rings. The molecule has 0 radical (unpaired) electrons. The van der Waals surface area contributed by atoms with Gasteiger partial charge in [-0.15, -0.1) is 0 Å². The number of aryl methyl sites for hydroxylation is 1. The van der Waals surface area contributed by atoms with Crippen LogP contribution in [0, 0.1) is 6.92 Å². The van der Waals surface area contributed by atoms with Crippen LogP contribution in [0.4, 0.5) is 0 Å². The first kappa shape index (κ1) is 16.5. The molecule has 132 valence electrons. The van der Waals surface area contributed by atoms with E-state index < -0.39 is 5.60 Å². The van der Waals surface area contributed by atoms with Crippen LogP contribution in [0.25, 0.3) is 0 Å². The van der Waals surface area contributed by atoms with Crippen LogP contribution >= 0.6 is 0 Å². The smallest absolute Gasteiger partial charge is 0.129 e. The molecule has 3 N–H and O–H groups in total. The van der Waals surface area contributed by atoms with Gasteiger partial charge in [0.2, 0.25) is 0 Å². The van der Waals surface area contributed by atoms with Crippen LogP contribution in [-0.2, 0) is 5.60 Å². The van der Waals surface area contributed by atoms with E-state index in [9.17, 15) is 15.3 Å². The van der Waals surface area contributed by atoms with Crippen molar-refractivity contribution in [2.45, 2.75) is 18.4 Å². The molecular weight excluding hydrogens is 328 g/mol. The number of aliphatic hydroxyl groups is 1. The maximum Gasteiger partial charge on any atom is 0.129 e. The summed E-state index contributed by atoms with van der Waals surface area (Å²) in [6, 6.07) is 19.4. The van der Waals surface area contributed by atoms with E-state index in [1.54, 1.807) is 36.4 Å². The highest BCUT2D eigenvalue weighted by Gasteiger charge is 2.46. The fourth-order valence-corrected chi connectivity index (χ4v) is 3.64. The van der Waals surface area contributed by atoms with Gasteiger partial charge in [0.1, 0.15) is 22.8 Å². The predicted molar refractivity (Wildman–Crippen MR) is 98.6 cm³/mol. The molecule has 0 bridgehead atoms. The van der Waals surface area contributed by atoms with Crippen molar-refractivity contribution in [3.8, 4) is 17.2 Å².